The van der Waals surface area contributed by atoms with Crippen LogP contribution in [0.5, 0.6) is 0 Å². The van der Waals surface area contributed by atoms with E-state index in [0.29, 0.717) is 18.0 Å². The van der Waals surface area contributed by atoms with Crippen LogP contribution in [0.4, 0.5) is 11.5 Å². The maximum atomic E-state index is 12.6. The summed E-state index contributed by atoms with van der Waals surface area (Å²) in [5.74, 6) is -0.0834. The van der Waals surface area contributed by atoms with Gasteiger partial charge in [-0.3, -0.25) is 14.9 Å². The maximum absolute atomic E-state index is 12.6. The summed E-state index contributed by atoms with van der Waals surface area (Å²) >= 11 is 0. The predicted octanol–water partition coefficient (Wildman–Crippen LogP) is 4.07. The number of fused-ring (bicyclic) bond motifs is 2. The molecule has 2 aromatic carbocycles. The molecule has 28 heavy (non-hydrogen) atoms. The zero-order valence-electron chi connectivity index (χ0n) is 15.3. The summed E-state index contributed by atoms with van der Waals surface area (Å²) in [6, 6.07) is 13.5. The van der Waals surface area contributed by atoms with Crippen molar-refractivity contribution in [3.63, 3.8) is 0 Å². The third-order valence-electron chi connectivity index (χ3n) is 4.60. The fourth-order valence-electron chi connectivity index (χ4n) is 3.18. The number of hydrogen-bond donors (Lipinski definition) is 1. The molecule has 0 radical (unpaired) electrons. The summed E-state index contributed by atoms with van der Waals surface area (Å²) in [5.41, 5.74) is 2.68. The van der Waals surface area contributed by atoms with E-state index in [1.54, 1.807) is 4.68 Å². The van der Waals surface area contributed by atoms with E-state index < -0.39 is 10.8 Å². The number of carbonyl (C=O) groups is 1. The van der Waals surface area contributed by atoms with Crippen LogP contribution in [-0.4, -0.2) is 25.6 Å². The summed E-state index contributed by atoms with van der Waals surface area (Å²) in [6.45, 7) is 4.54. The van der Waals surface area contributed by atoms with Gasteiger partial charge in [0.1, 0.15) is 0 Å². The van der Waals surface area contributed by atoms with Crippen molar-refractivity contribution in [1.82, 2.24) is 14.8 Å². The monoisotopic (exact) mass is 375 g/mol. The fourth-order valence-corrected chi connectivity index (χ4v) is 3.18. The molecular weight excluding hydrogens is 358 g/mol. The van der Waals surface area contributed by atoms with Crippen LogP contribution >= 0.6 is 0 Å². The Morgan fingerprint density at radius 1 is 1.21 bits per heavy atom. The van der Waals surface area contributed by atoms with Crippen LogP contribution in [0, 0.1) is 17.0 Å². The minimum atomic E-state index is -0.531. The van der Waals surface area contributed by atoms with Crippen LogP contribution in [0.1, 0.15) is 22.8 Å². The number of nitrogens with one attached hydrogen (secondary N) is 1. The van der Waals surface area contributed by atoms with Gasteiger partial charge < -0.3 is 5.32 Å². The third-order valence-corrected chi connectivity index (χ3v) is 4.60. The number of nitro benzene ring substituents is 1. The molecule has 2 aromatic heterocycles. The van der Waals surface area contributed by atoms with E-state index >= 15 is 0 Å². The van der Waals surface area contributed by atoms with Crippen LogP contribution in [0.3, 0.4) is 0 Å². The van der Waals surface area contributed by atoms with Gasteiger partial charge in [-0.2, -0.15) is 5.10 Å². The zero-order valence-corrected chi connectivity index (χ0v) is 15.3. The number of aryl methyl sites for hydroxylation is 2. The standard InChI is InChI=1S/C20H17N5O3/c1-3-24-19-16(11-13-7-4-6-12(2)17(13)21-19)18(23-24)22-20(26)14-8-5-9-15(10-14)25(27)28/h4-11H,3H2,1-2H3,(H,22,23,26). The number of pyridine rings is 1. The van der Waals surface area contributed by atoms with E-state index in [-0.39, 0.29) is 11.3 Å². The Hall–Kier alpha value is -3.81. The number of anilines is 1. The first-order valence-electron chi connectivity index (χ1n) is 8.80. The lowest BCUT2D eigenvalue weighted by molar-refractivity contribution is -0.384. The first-order chi connectivity index (χ1) is 13.5. The van der Waals surface area contributed by atoms with E-state index in [9.17, 15) is 14.9 Å². The number of amides is 1. The Morgan fingerprint density at radius 2 is 2.00 bits per heavy atom. The Morgan fingerprint density at radius 3 is 2.75 bits per heavy atom. The van der Waals surface area contributed by atoms with E-state index in [1.165, 1.54) is 24.3 Å². The smallest absolute Gasteiger partial charge is 0.270 e. The number of nitro groups is 1. The normalized spacial score (nSPS) is 11.1. The van der Waals surface area contributed by atoms with Crippen molar-refractivity contribution >= 4 is 39.3 Å². The first-order valence-corrected chi connectivity index (χ1v) is 8.80. The van der Waals surface area contributed by atoms with Crippen LogP contribution in [-0.2, 0) is 6.54 Å². The number of carbonyl (C=O) groups excluding carboxylic acids is 1. The van der Waals surface area contributed by atoms with Crippen LogP contribution < -0.4 is 5.32 Å². The number of hydrogen-bond acceptors (Lipinski definition) is 5. The summed E-state index contributed by atoms with van der Waals surface area (Å²) in [5, 5.41) is 19.9. The van der Waals surface area contributed by atoms with Gasteiger partial charge in [-0.25, -0.2) is 9.67 Å². The van der Waals surface area contributed by atoms with Crippen LogP contribution in [0.25, 0.3) is 21.9 Å². The molecule has 8 nitrogen and oxygen atoms in total. The molecule has 1 amide bonds. The van der Waals surface area contributed by atoms with Crippen molar-refractivity contribution in [3.05, 3.63) is 69.8 Å². The molecule has 0 aliphatic carbocycles. The van der Waals surface area contributed by atoms with Gasteiger partial charge in [-0.1, -0.05) is 24.3 Å². The summed E-state index contributed by atoms with van der Waals surface area (Å²) in [7, 11) is 0. The van der Waals surface area contributed by atoms with Gasteiger partial charge in [0.2, 0.25) is 0 Å². The fraction of sp³-hybridized carbons (Fsp3) is 0.150. The predicted molar refractivity (Wildman–Crippen MR) is 106 cm³/mol. The molecule has 0 spiro atoms. The average Bonchev–Trinajstić information content (AvgIpc) is 3.03. The molecule has 4 aromatic rings. The molecule has 140 valence electrons. The lowest BCUT2D eigenvalue weighted by atomic mass is 10.1. The Kier molecular flexibility index (Phi) is 4.23. The van der Waals surface area contributed by atoms with Crippen molar-refractivity contribution < 1.29 is 9.72 Å². The van der Waals surface area contributed by atoms with Crippen molar-refractivity contribution in [2.75, 3.05) is 5.32 Å². The van der Waals surface area contributed by atoms with Gasteiger partial charge in [0.05, 0.1) is 15.8 Å². The minimum Gasteiger partial charge on any atom is -0.304 e. The highest BCUT2D eigenvalue weighted by Gasteiger charge is 2.17. The van der Waals surface area contributed by atoms with Crippen molar-refractivity contribution in [2.45, 2.75) is 20.4 Å². The van der Waals surface area contributed by atoms with Crippen LogP contribution in [0.15, 0.2) is 48.5 Å². The molecule has 0 atom stereocenters. The highest BCUT2D eigenvalue weighted by molar-refractivity contribution is 6.09. The van der Waals surface area contributed by atoms with E-state index in [2.05, 4.69) is 10.4 Å². The topological polar surface area (TPSA) is 103 Å². The highest BCUT2D eigenvalue weighted by atomic mass is 16.6. The third kappa shape index (κ3) is 2.94. The van der Waals surface area contributed by atoms with Crippen molar-refractivity contribution in [3.8, 4) is 0 Å². The molecule has 0 aliphatic heterocycles. The number of benzene rings is 2. The summed E-state index contributed by atoms with van der Waals surface area (Å²) in [6.07, 6.45) is 0. The van der Waals surface area contributed by atoms with E-state index in [0.717, 1.165) is 21.9 Å². The average molecular weight is 375 g/mol. The van der Waals surface area contributed by atoms with Gasteiger partial charge in [0.25, 0.3) is 11.6 Å². The van der Waals surface area contributed by atoms with Gasteiger partial charge >= 0.3 is 0 Å². The van der Waals surface area contributed by atoms with Crippen molar-refractivity contribution in [2.24, 2.45) is 0 Å². The number of para-hydroxylation sites is 1. The van der Waals surface area contributed by atoms with Gasteiger partial charge in [0, 0.05) is 29.6 Å². The second-order valence-electron chi connectivity index (χ2n) is 6.43. The first kappa shape index (κ1) is 17.6. The second-order valence-corrected chi connectivity index (χ2v) is 6.43. The van der Waals surface area contributed by atoms with Gasteiger partial charge in [-0.15, -0.1) is 0 Å². The Labute approximate surface area is 160 Å². The maximum Gasteiger partial charge on any atom is 0.270 e. The van der Waals surface area contributed by atoms with Crippen molar-refractivity contribution in [1.29, 1.82) is 0 Å². The van der Waals surface area contributed by atoms with Gasteiger partial charge in [-0.05, 0) is 31.5 Å². The molecule has 0 unspecified atom stereocenters. The Bertz CT molecular complexity index is 1250. The molecule has 0 aliphatic rings. The lowest BCUT2D eigenvalue weighted by Gasteiger charge is -2.04. The summed E-state index contributed by atoms with van der Waals surface area (Å²) < 4.78 is 1.73. The lowest BCUT2D eigenvalue weighted by Crippen LogP contribution is -2.13. The minimum absolute atomic E-state index is 0.139. The molecule has 0 fully saturated rings. The highest BCUT2D eigenvalue weighted by Crippen LogP contribution is 2.28. The summed E-state index contributed by atoms with van der Waals surface area (Å²) in [4.78, 5) is 27.8. The molecule has 4 rings (SSSR count). The zero-order chi connectivity index (χ0) is 19.8. The van der Waals surface area contributed by atoms with Crippen LogP contribution in [0.2, 0.25) is 0 Å². The molecule has 1 N–H and O–H groups in total. The SMILES string of the molecule is CCn1nc(NC(=O)c2cccc([N+](=O)[O-])c2)c2cc3cccc(C)c3nc21. The molecule has 2 heterocycles. The second kappa shape index (κ2) is 6.73. The number of non-ortho nitro benzene ring substituents is 1. The number of nitrogens with zero attached hydrogens (tertiary/aromatic N) is 4. The molecule has 0 saturated carbocycles. The van der Waals surface area contributed by atoms with E-state index in [4.69, 9.17) is 4.98 Å². The Balaban J connectivity index is 1.79. The molecule has 0 bridgehead atoms. The molecule has 0 saturated heterocycles. The molecule has 8 heteroatoms. The quantitative estimate of drug-likeness (QED) is 0.428. The molecular formula is C20H17N5O3. The van der Waals surface area contributed by atoms with Gasteiger partial charge in [0.15, 0.2) is 11.5 Å². The number of aromatic nitrogens is 3. The van der Waals surface area contributed by atoms with E-state index in [1.807, 2.05) is 38.1 Å². The number of rotatable bonds is 4. The largest absolute Gasteiger partial charge is 0.304 e.